The summed E-state index contributed by atoms with van der Waals surface area (Å²) in [7, 11) is 0. The average Bonchev–Trinajstić information content (AvgIpc) is 3.11. The molecule has 3 aromatic carbocycles. The highest BCUT2D eigenvalue weighted by Crippen LogP contribution is 2.44. The van der Waals surface area contributed by atoms with Crippen molar-refractivity contribution in [2.45, 2.75) is 24.8 Å². The Morgan fingerprint density at radius 1 is 0.906 bits per heavy atom. The molecule has 0 radical (unpaired) electrons. The molecule has 1 atom stereocenters. The Bertz CT molecular complexity index is 1100. The average molecular weight is 437 g/mol. The maximum absolute atomic E-state index is 13.0. The van der Waals surface area contributed by atoms with Crippen LogP contribution >= 0.6 is 0 Å². The summed E-state index contributed by atoms with van der Waals surface area (Å²) in [4.78, 5) is 23.8. The standard InChI is InChI=1S/C25H21F2NO4/c26-24(27)16-7-5-6-15(12-16)22(13-23(29)30)28-25(31)32-14-21-19-10-3-1-8-17(19)18-9-2-4-11-20(18)21/h1-12,21-22,24H,13-14H2,(H,28,31)(H,29,30)/t22-/m0/s1. The number of amides is 1. The second kappa shape index (κ2) is 9.18. The van der Waals surface area contributed by atoms with Gasteiger partial charge in [-0.25, -0.2) is 13.6 Å². The summed E-state index contributed by atoms with van der Waals surface area (Å²) in [5.41, 5.74) is 4.31. The summed E-state index contributed by atoms with van der Waals surface area (Å²) in [5, 5.41) is 11.7. The number of halogens is 2. The van der Waals surface area contributed by atoms with Gasteiger partial charge in [-0.05, 0) is 33.9 Å². The maximum atomic E-state index is 13.0. The topological polar surface area (TPSA) is 75.6 Å². The maximum Gasteiger partial charge on any atom is 0.407 e. The lowest BCUT2D eigenvalue weighted by Gasteiger charge is -2.20. The molecule has 3 aromatic rings. The number of benzene rings is 3. The van der Waals surface area contributed by atoms with Crippen molar-refractivity contribution in [1.82, 2.24) is 5.32 Å². The molecule has 7 heteroatoms. The van der Waals surface area contributed by atoms with Crippen LogP contribution in [0.15, 0.2) is 72.8 Å². The van der Waals surface area contributed by atoms with Crippen LogP contribution in [0, 0.1) is 0 Å². The Morgan fingerprint density at radius 2 is 1.50 bits per heavy atom. The molecule has 2 N–H and O–H groups in total. The van der Waals surface area contributed by atoms with Gasteiger partial charge in [-0.15, -0.1) is 0 Å². The van der Waals surface area contributed by atoms with Gasteiger partial charge in [0.25, 0.3) is 6.43 Å². The summed E-state index contributed by atoms with van der Waals surface area (Å²) in [6.07, 6.45) is -3.97. The molecule has 0 aliphatic heterocycles. The number of hydrogen-bond donors (Lipinski definition) is 2. The fourth-order valence-corrected chi connectivity index (χ4v) is 4.12. The van der Waals surface area contributed by atoms with E-state index >= 15 is 0 Å². The van der Waals surface area contributed by atoms with Gasteiger partial charge in [0.1, 0.15) is 6.61 Å². The molecule has 32 heavy (non-hydrogen) atoms. The molecule has 0 bridgehead atoms. The summed E-state index contributed by atoms with van der Waals surface area (Å²) < 4.78 is 31.5. The molecule has 1 aliphatic carbocycles. The molecule has 0 aromatic heterocycles. The summed E-state index contributed by atoms with van der Waals surface area (Å²) >= 11 is 0. The highest BCUT2D eigenvalue weighted by Gasteiger charge is 2.29. The molecule has 164 valence electrons. The molecular weight excluding hydrogens is 416 g/mol. The van der Waals surface area contributed by atoms with Crippen LogP contribution in [0.1, 0.15) is 47.1 Å². The highest BCUT2D eigenvalue weighted by atomic mass is 19.3. The van der Waals surface area contributed by atoms with E-state index in [1.165, 1.54) is 24.3 Å². The van der Waals surface area contributed by atoms with Crippen molar-refractivity contribution in [3.8, 4) is 11.1 Å². The SMILES string of the molecule is O=C(O)C[C@H](NC(=O)OCC1c2ccccc2-c2ccccc21)c1cccc(C(F)F)c1. The predicted octanol–water partition coefficient (Wildman–Crippen LogP) is 5.68. The summed E-state index contributed by atoms with van der Waals surface area (Å²) in [6, 6.07) is 20.1. The lowest BCUT2D eigenvalue weighted by Crippen LogP contribution is -2.31. The molecule has 0 heterocycles. The highest BCUT2D eigenvalue weighted by molar-refractivity contribution is 5.79. The fourth-order valence-electron chi connectivity index (χ4n) is 4.12. The number of carboxylic acids is 1. The number of aliphatic carboxylic acids is 1. The smallest absolute Gasteiger partial charge is 0.407 e. The van der Waals surface area contributed by atoms with E-state index in [9.17, 15) is 23.5 Å². The van der Waals surface area contributed by atoms with Crippen molar-refractivity contribution in [2.24, 2.45) is 0 Å². The lowest BCUT2D eigenvalue weighted by atomic mass is 9.98. The third kappa shape index (κ3) is 4.46. The molecule has 1 aliphatic rings. The van der Waals surface area contributed by atoms with Gasteiger partial charge in [-0.1, -0.05) is 66.7 Å². The van der Waals surface area contributed by atoms with Gasteiger partial charge in [-0.3, -0.25) is 4.79 Å². The Labute approximate surface area is 183 Å². The first kappa shape index (κ1) is 21.5. The van der Waals surface area contributed by atoms with Crippen LogP contribution in [0.25, 0.3) is 11.1 Å². The van der Waals surface area contributed by atoms with Crippen LogP contribution in [-0.2, 0) is 9.53 Å². The molecule has 1 amide bonds. The van der Waals surface area contributed by atoms with E-state index in [0.29, 0.717) is 0 Å². The Balaban J connectivity index is 1.49. The van der Waals surface area contributed by atoms with Gasteiger partial charge < -0.3 is 15.2 Å². The third-order valence-electron chi connectivity index (χ3n) is 5.58. The van der Waals surface area contributed by atoms with E-state index in [2.05, 4.69) is 5.32 Å². The first-order valence-corrected chi connectivity index (χ1v) is 10.2. The van der Waals surface area contributed by atoms with Crippen LogP contribution in [0.5, 0.6) is 0 Å². The Kier molecular flexibility index (Phi) is 6.16. The number of alkyl halides is 2. The number of hydrogen-bond acceptors (Lipinski definition) is 3. The molecule has 0 fully saturated rings. The van der Waals surface area contributed by atoms with Crippen molar-refractivity contribution in [2.75, 3.05) is 6.61 Å². The number of ether oxygens (including phenoxy) is 1. The van der Waals surface area contributed by atoms with Crippen LogP contribution in [0.4, 0.5) is 13.6 Å². The summed E-state index contributed by atoms with van der Waals surface area (Å²) in [6.45, 7) is 0.0662. The van der Waals surface area contributed by atoms with Crippen molar-refractivity contribution >= 4 is 12.1 Å². The van der Waals surface area contributed by atoms with Gasteiger partial charge >= 0.3 is 12.1 Å². The van der Waals surface area contributed by atoms with Crippen molar-refractivity contribution in [3.63, 3.8) is 0 Å². The van der Waals surface area contributed by atoms with E-state index in [-0.39, 0.29) is 23.7 Å². The molecular formula is C25H21F2NO4. The monoisotopic (exact) mass is 437 g/mol. The molecule has 0 saturated carbocycles. The molecule has 0 unspecified atom stereocenters. The van der Waals surface area contributed by atoms with Gasteiger partial charge in [0, 0.05) is 11.5 Å². The number of carboxylic acid groups (broad SMARTS) is 1. The molecule has 5 nitrogen and oxygen atoms in total. The van der Waals surface area contributed by atoms with E-state index in [4.69, 9.17) is 4.74 Å². The van der Waals surface area contributed by atoms with Crippen LogP contribution in [-0.4, -0.2) is 23.8 Å². The van der Waals surface area contributed by atoms with Crippen LogP contribution < -0.4 is 5.32 Å². The minimum Gasteiger partial charge on any atom is -0.481 e. The minimum absolute atomic E-state index is 0.0662. The fraction of sp³-hybridized carbons (Fsp3) is 0.200. The van der Waals surface area contributed by atoms with E-state index < -0.39 is 31.0 Å². The Morgan fingerprint density at radius 3 is 2.09 bits per heavy atom. The van der Waals surface area contributed by atoms with E-state index in [1.54, 1.807) is 0 Å². The van der Waals surface area contributed by atoms with E-state index in [0.717, 1.165) is 22.3 Å². The summed E-state index contributed by atoms with van der Waals surface area (Å²) in [5.74, 6) is -1.32. The number of alkyl carbamates (subject to hydrolysis) is 1. The van der Waals surface area contributed by atoms with Crippen molar-refractivity contribution in [3.05, 3.63) is 95.1 Å². The quantitative estimate of drug-likeness (QED) is 0.499. The lowest BCUT2D eigenvalue weighted by molar-refractivity contribution is -0.137. The molecule has 4 rings (SSSR count). The molecule has 0 spiro atoms. The number of nitrogens with one attached hydrogen (secondary N) is 1. The second-order valence-electron chi connectivity index (χ2n) is 7.59. The largest absolute Gasteiger partial charge is 0.481 e. The number of carbonyl (C=O) groups excluding carboxylic acids is 1. The number of rotatable bonds is 7. The first-order valence-electron chi connectivity index (χ1n) is 10.2. The second-order valence-corrected chi connectivity index (χ2v) is 7.59. The van der Waals surface area contributed by atoms with Crippen molar-refractivity contribution < 1.29 is 28.2 Å². The van der Waals surface area contributed by atoms with Crippen LogP contribution in [0.2, 0.25) is 0 Å². The van der Waals surface area contributed by atoms with Gasteiger partial charge in [0.2, 0.25) is 0 Å². The van der Waals surface area contributed by atoms with Gasteiger partial charge in [0.05, 0.1) is 12.5 Å². The predicted molar refractivity (Wildman–Crippen MR) is 115 cm³/mol. The molecule has 0 saturated heterocycles. The van der Waals surface area contributed by atoms with Crippen LogP contribution in [0.3, 0.4) is 0 Å². The van der Waals surface area contributed by atoms with E-state index in [1.807, 2.05) is 48.5 Å². The number of carbonyl (C=O) groups is 2. The first-order chi connectivity index (χ1) is 15.4. The zero-order chi connectivity index (χ0) is 22.7. The Hall–Kier alpha value is -3.74. The third-order valence-corrected chi connectivity index (χ3v) is 5.58. The minimum atomic E-state index is -2.70. The zero-order valence-electron chi connectivity index (χ0n) is 17.0. The normalized spacial score (nSPS) is 13.3. The van der Waals surface area contributed by atoms with Crippen molar-refractivity contribution in [1.29, 1.82) is 0 Å². The number of fused-ring (bicyclic) bond motifs is 3. The van der Waals surface area contributed by atoms with Gasteiger partial charge in [0.15, 0.2) is 0 Å². The zero-order valence-corrected chi connectivity index (χ0v) is 17.0. The van der Waals surface area contributed by atoms with Gasteiger partial charge in [-0.2, -0.15) is 0 Å².